The zero-order chi connectivity index (χ0) is 17.1. The number of carbonyl (C=O) groups excluding carboxylic acids is 1. The van der Waals surface area contributed by atoms with Crippen LogP contribution in [0.3, 0.4) is 0 Å². The van der Waals surface area contributed by atoms with E-state index in [9.17, 15) is 4.79 Å². The van der Waals surface area contributed by atoms with Gasteiger partial charge in [0.25, 0.3) is 0 Å². The molecule has 24 heavy (non-hydrogen) atoms. The summed E-state index contributed by atoms with van der Waals surface area (Å²) in [5.74, 6) is -0.515. The monoisotopic (exact) mass is 361 g/mol. The number of rotatable bonds is 4. The summed E-state index contributed by atoms with van der Waals surface area (Å²) in [7, 11) is 1.31. The molecule has 2 heterocycles. The molecule has 0 aliphatic carbocycles. The van der Waals surface area contributed by atoms with Crippen molar-refractivity contribution in [2.75, 3.05) is 7.11 Å². The zero-order valence-electron chi connectivity index (χ0n) is 12.7. The lowest BCUT2D eigenvalue weighted by molar-refractivity contribution is 0.0593. The van der Waals surface area contributed by atoms with Crippen LogP contribution in [0.15, 0.2) is 48.7 Å². The van der Waals surface area contributed by atoms with Crippen LogP contribution in [-0.2, 0) is 11.3 Å². The smallest absolute Gasteiger partial charge is 0.358 e. The largest absolute Gasteiger partial charge is 0.464 e. The highest BCUT2D eigenvalue weighted by atomic mass is 35.5. The highest BCUT2D eigenvalue weighted by Gasteiger charge is 2.18. The van der Waals surface area contributed by atoms with E-state index in [2.05, 4.69) is 10.1 Å². The van der Waals surface area contributed by atoms with Gasteiger partial charge in [0.1, 0.15) is 5.15 Å². The molecule has 0 amide bonds. The van der Waals surface area contributed by atoms with Crippen LogP contribution in [-0.4, -0.2) is 27.8 Å². The van der Waals surface area contributed by atoms with Crippen LogP contribution >= 0.6 is 23.2 Å². The summed E-state index contributed by atoms with van der Waals surface area (Å²) in [4.78, 5) is 15.9. The first-order chi connectivity index (χ1) is 11.6. The van der Waals surface area contributed by atoms with E-state index < -0.39 is 5.97 Å². The standard InChI is InChI=1S/C17H13Cl2N3O2/c1-24-17(23)14-9-15(12-6-2-3-7-13(12)18)22(21-14)10-11-5-4-8-20-16(11)19/h2-9H,10H2,1H3. The SMILES string of the molecule is COC(=O)c1cc(-c2ccccc2Cl)n(Cc2cccnc2Cl)n1. The third-order valence-electron chi connectivity index (χ3n) is 3.48. The highest BCUT2D eigenvalue weighted by Crippen LogP contribution is 2.29. The van der Waals surface area contributed by atoms with Crippen molar-refractivity contribution in [1.82, 2.24) is 14.8 Å². The number of hydrogen-bond acceptors (Lipinski definition) is 4. The molecule has 7 heteroatoms. The molecule has 3 aromatic rings. The zero-order valence-corrected chi connectivity index (χ0v) is 14.3. The predicted molar refractivity (Wildman–Crippen MR) is 92.4 cm³/mol. The second-order valence-electron chi connectivity index (χ2n) is 5.00. The van der Waals surface area contributed by atoms with Gasteiger partial charge in [-0.1, -0.05) is 47.5 Å². The molecule has 0 saturated carbocycles. The lowest BCUT2D eigenvalue weighted by Gasteiger charge is -2.09. The summed E-state index contributed by atoms with van der Waals surface area (Å²) < 4.78 is 6.42. The fourth-order valence-electron chi connectivity index (χ4n) is 2.33. The van der Waals surface area contributed by atoms with Crippen molar-refractivity contribution in [3.8, 4) is 11.3 Å². The molecule has 122 valence electrons. The number of hydrogen-bond donors (Lipinski definition) is 0. The van der Waals surface area contributed by atoms with E-state index >= 15 is 0 Å². The summed E-state index contributed by atoms with van der Waals surface area (Å²) >= 11 is 12.4. The first-order valence-electron chi connectivity index (χ1n) is 7.10. The molecule has 0 N–H and O–H groups in total. The molecular weight excluding hydrogens is 349 g/mol. The molecule has 0 aliphatic heterocycles. The number of pyridine rings is 1. The summed E-state index contributed by atoms with van der Waals surface area (Å²) in [5.41, 5.74) is 2.45. The lowest BCUT2D eigenvalue weighted by atomic mass is 10.1. The van der Waals surface area contributed by atoms with Crippen LogP contribution in [0.4, 0.5) is 0 Å². The van der Waals surface area contributed by atoms with Crippen LogP contribution in [0.1, 0.15) is 16.1 Å². The van der Waals surface area contributed by atoms with E-state index in [0.29, 0.717) is 22.4 Å². The van der Waals surface area contributed by atoms with Crippen molar-refractivity contribution in [2.24, 2.45) is 0 Å². The predicted octanol–water partition coefficient (Wildman–Crippen LogP) is 4.09. The summed E-state index contributed by atoms with van der Waals surface area (Å²) in [6, 6.07) is 12.6. The minimum absolute atomic E-state index is 0.201. The molecule has 2 aromatic heterocycles. The average molecular weight is 362 g/mol. The van der Waals surface area contributed by atoms with Crippen LogP contribution in [0.2, 0.25) is 10.2 Å². The van der Waals surface area contributed by atoms with Gasteiger partial charge < -0.3 is 4.74 Å². The molecule has 0 aliphatic rings. The Morgan fingerprint density at radius 2 is 2.00 bits per heavy atom. The summed E-state index contributed by atoms with van der Waals surface area (Å²) in [6.07, 6.45) is 1.61. The number of methoxy groups -OCH3 is 1. The van der Waals surface area contributed by atoms with Crippen molar-refractivity contribution in [3.63, 3.8) is 0 Å². The van der Waals surface area contributed by atoms with Gasteiger partial charge in [-0.15, -0.1) is 0 Å². The van der Waals surface area contributed by atoms with E-state index in [1.54, 1.807) is 29.1 Å². The van der Waals surface area contributed by atoms with E-state index in [4.69, 9.17) is 27.9 Å². The van der Waals surface area contributed by atoms with Crippen LogP contribution in [0.25, 0.3) is 11.3 Å². The van der Waals surface area contributed by atoms with Crippen LogP contribution < -0.4 is 0 Å². The molecule has 3 rings (SSSR count). The summed E-state index contributed by atoms with van der Waals surface area (Å²) in [5, 5.41) is 5.28. The number of halogens is 2. The topological polar surface area (TPSA) is 57.0 Å². The van der Waals surface area contributed by atoms with Gasteiger partial charge in [0.05, 0.1) is 19.3 Å². The number of ether oxygens (including phenoxy) is 1. The molecule has 0 atom stereocenters. The quantitative estimate of drug-likeness (QED) is 0.518. The Labute approximate surface area is 148 Å². The maximum Gasteiger partial charge on any atom is 0.358 e. The molecule has 0 unspecified atom stereocenters. The number of esters is 1. The first-order valence-corrected chi connectivity index (χ1v) is 7.86. The van der Waals surface area contributed by atoms with Crippen molar-refractivity contribution >= 4 is 29.2 Å². The van der Waals surface area contributed by atoms with Crippen LogP contribution in [0, 0.1) is 0 Å². The van der Waals surface area contributed by atoms with Crippen molar-refractivity contribution < 1.29 is 9.53 Å². The number of nitrogens with zero attached hydrogens (tertiary/aromatic N) is 3. The minimum Gasteiger partial charge on any atom is -0.464 e. The Morgan fingerprint density at radius 3 is 2.71 bits per heavy atom. The molecule has 5 nitrogen and oxygen atoms in total. The molecule has 0 radical (unpaired) electrons. The van der Waals surface area contributed by atoms with Gasteiger partial charge in [0.15, 0.2) is 5.69 Å². The van der Waals surface area contributed by atoms with Crippen molar-refractivity contribution in [2.45, 2.75) is 6.54 Å². The normalized spacial score (nSPS) is 10.6. The number of carbonyl (C=O) groups is 1. The van der Waals surface area contributed by atoms with E-state index in [1.807, 2.05) is 24.3 Å². The fourth-order valence-corrected chi connectivity index (χ4v) is 2.74. The van der Waals surface area contributed by atoms with Gasteiger partial charge in [-0.3, -0.25) is 4.68 Å². The first kappa shape index (κ1) is 16.5. The van der Waals surface area contributed by atoms with Crippen LogP contribution in [0.5, 0.6) is 0 Å². The Morgan fingerprint density at radius 1 is 1.21 bits per heavy atom. The lowest BCUT2D eigenvalue weighted by Crippen LogP contribution is -2.07. The maximum absolute atomic E-state index is 11.8. The van der Waals surface area contributed by atoms with E-state index in [-0.39, 0.29) is 5.69 Å². The third-order valence-corrected chi connectivity index (χ3v) is 4.15. The Hall–Kier alpha value is -2.37. The van der Waals surface area contributed by atoms with Gasteiger partial charge in [0, 0.05) is 22.3 Å². The fraction of sp³-hybridized carbons (Fsp3) is 0.118. The van der Waals surface area contributed by atoms with Crippen molar-refractivity contribution in [3.05, 3.63) is 70.1 Å². The Kier molecular flexibility index (Phi) is 4.83. The third kappa shape index (κ3) is 3.27. The minimum atomic E-state index is -0.515. The molecule has 0 saturated heterocycles. The van der Waals surface area contributed by atoms with Gasteiger partial charge in [-0.25, -0.2) is 9.78 Å². The molecular formula is C17H13Cl2N3O2. The molecule has 1 aromatic carbocycles. The van der Waals surface area contributed by atoms with Crippen molar-refractivity contribution in [1.29, 1.82) is 0 Å². The van der Waals surface area contributed by atoms with Gasteiger partial charge in [-0.2, -0.15) is 5.10 Å². The van der Waals surface area contributed by atoms with Gasteiger partial charge >= 0.3 is 5.97 Å². The van der Waals surface area contributed by atoms with Gasteiger partial charge in [-0.05, 0) is 18.2 Å². The van der Waals surface area contributed by atoms with Gasteiger partial charge in [0.2, 0.25) is 0 Å². The Balaban J connectivity index is 2.10. The highest BCUT2D eigenvalue weighted by molar-refractivity contribution is 6.33. The molecule has 0 fully saturated rings. The maximum atomic E-state index is 11.8. The number of benzene rings is 1. The second-order valence-corrected chi connectivity index (χ2v) is 5.76. The second kappa shape index (κ2) is 7.03. The average Bonchev–Trinajstić information content (AvgIpc) is 3.00. The van der Waals surface area contributed by atoms with E-state index in [0.717, 1.165) is 11.1 Å². The molecule has 0 bridgehead atoms. The Bertz CT molecular complexity index is 893. The van der Waals surface area contributed by atoms with E-state index in [1.165, 1.54) is 7.11 Å². The number of aromatic nitrogens is 3. The molecule has 0 spiro atoms. The summed E-state index contributed by atoms with van der Waals surface area (Å²) in [6.45, 7) is 0.351.